The third kappa shape index (κ3) is 2.23. The lowest BCUT2D eigenvalue weighted by atomic mass is 10.2. The van der Waals surface area contributed by atoms with Crippen molar-refractivity contribution < 1.29 is 14.3 Å². The number of benzene rings is 1. The summed E-state index contributed by atoms with van der Waals surface area (Å²) in [6, 6.07) is 5.14. The zero-order valence-electron chi connectivity index (χ0n) is 8.33. The van der Waals surface area contributed by atoms with Crippen LogP contribution in [0.5, 0.6) is 5.75 Å². The van der Waals surface area contributed by atoms with Crippen LogP contribution in [0.1, 0.15) is 23.2 Å². The van der Waals surface area contributed by atoms with Crippen LogP contribution in [0, 0.1) is 0 Å². The number of hydrogen-bond donors (Lipinski definition) is 0. The van der Waals surface area contributed by atoms with Gasteiger partial charge < -0.3 is 9.47 Å². The fraction of sp³-hybridized carbons (Fsp3) is 0.364. The highest BCUT2D eigenvalue weighted by Crippen LogP contribution is 2.32. The van der Waals surface area contributed by atoms with E-state index in [0.29, 0.717) is 16.3 Å². The molecule has 0 aliphatic heterocycles. The Morgan fingerprint density at radius 3 is 2.80 bits per heavy atom. The first kappa shape index (κ1) is 10.3. The summed E-state index contributed by atoms with van der Waals surface area (Å²) in [4.78, 5) is 11.5. The van der Waals surface area contributed by atoms with E-state index in [0.717, 1.165) is 12.8 Å². The highest BCUT2D eigenvalue weighted by molar-refractivity contribution is 6.34. The minimum atomic E-state index is -0.462. The van der Waals surface area contributed by atoms with E-state index in [4.69, 9.17) is 16.3 Å². The number of esters is 1. The molecule has 0 amide bonds. The summed E-state index contributed by atoms with van der Waals surface area (Å²) in [6.45, 7) is 0. The fourth-order valence-electron chi connectivity index (χ4n) is 1.27. The lowest BCUT2D eigenvalue weighted by Gasteiger charge is -2.10. The highest BCUT2D eigenvalue weighted by atomic mass is 35.5. The molecule has 0 N–H and O–H groups in total. The second kappa shape index (κ2) is 4.11. The minimum absolute atomic E-state index is 0.229. The molecule has 0 heterocycles. The standard InChI is InChI=1S/C11H11ClO3/c1-14-11(13)10-8(12)3-2-4-9(10)15-7-5-6-7/h2-4,7H,5-6H2,1H3. The van der Waals surface area contributed by atoms with E-state index in [-0.39, 0.29) is 6.10 Å². The largest absolute Gasteiger partial charge is 0.489 e. The van der Waals surface area contributed by atoms with Crippen molar-refractivity contribution in [2.45, 2.75) is 18.9 Å². The van der Waals surface area contributed by atoms with Crippen molar-refractivity contribution in [3.05, 3.63) is 28.8 Å². The Kier molecular flexibility index (Phi) is 2.82. The van der Waals surface area contributed by atoms with Crippen LogP contribution < -0.4 is 4.74 Å². The van der Waals surface area contributed by atoms with Gasteiger partial charge in [-0.2, -0.15) is 0 Å². The molecule has 4 heteroatoms. The molecule has 80 valence electrons. The fourth-order valence-corrected chi connectivity index (χ4v) is 1.51. The van der Waals surface area contributed by atoms with E-state index < -0.39 is 5.97 Å². The van der Waals surface area contributed by atoms with Gasteiger partial charge in [0.15, 0.2) is 0 Å². The SMILES string of the molecule is COC(=O)c1c(Cl)cccc1OC1CC1. The third-order valence-electron chi connectivity index (χ3n) is 2.18. The summed E-state index contributed by atoms with van der Waals surface area (Å²) >= 11 is 5.93. The van der Waals surface area contributed by atoms with Gasteiger partial charge in [0, 0.05) is 0 Å². The van der Waals surface area contributed by atoms with Crippen molar-refractivity contribution in [1.82, 2.24) is 0 Å². The maximum absolute atomic E-state index is 11.5. The summed E-state index contributed by atoms with van der Waals surface area (Å²) in [6.07, 6.45) is 2.30. The lowest BCUT2D eigenvalue weighted by Crippen LogP contribution is -2.07. The van der Waals surface area contributed by atoms with Crippen LogP contribution in [-0.2, 0) is 4.74 Å². The van der Waals surface area contributed by atoms with Crippen molar-refractivity contribution in [3.63, 3.8) is 0 Å². The van der Waals surface area contributed by atoms with E-state index in [1.807, 2.05) is 0 Å². The number of halogens is 1. The molecule has 1 fully saturated rings. The Labute approximate surface area is 92.9 Å². The number of ether oxygens (including phenoxy) is 2. The van der Waals surface area contributed by atoms with E-state index in [1.165, 1.54) is 7.11 Å². The van der Waals surface area contributed by atoms with Crippen LogP contribution in [0.2, 0.25) is 5.02 Å². The number of hydrogen-bond acceptors (Lipinski definition) is 3. The predicted molar refractivity (Wildman–Crippen MR) is 56.4 cm³/mol. The smallest absolute Gasteiger partial charge is 0.343 e. The molecule has 2 rings (SSSR count). The second-order valence-electron chi connectivity index (χ2n) is 3.42. The average Bonchev–Trinajstić information content (AvgIpc) is 3.01. The minimum Gasteiger partial charge on any atom is -0.489 e. The molecule has 0 radical (unpaired) electrons. The van der Waals surface area contributed by atoms with Crippen molar-refractivity contribution in [3.8, 4) is 5.75 Å². The normalized spacial score (nSPS) is 14.8. The molecule has 0 aromatic heterocycles. The van der Waals surface area contributed by atoms with Crippen LogP contribution >= 0.6 is 11.6 Å². The first-order chi connectivity index (χ1) is 7.22. The molecule has 1 saturated carbocycles. The molecule has 1 aromatic rings. The zero-order chi connectivity index (χ0) is 10.8. The van der Waals surface area contributed by atoms with Gasteiger partial charge in [0.05, 0.1) is 18.2 Å². The second-order valence-corrected chi connectivity index (χ2v) is 3.83. The van der Waals surface area contributed by atoms with Crippen LogP contribution in [0.3, 0.4) is 0 Å². The quantitative estimate of drug-likeness (QED) is 0.744. The average molecular weight is 227 g/mol. The molecule has 1 aliphatic rings. The van der Waals surface area contributed by atoms with Crippen molar-refractivity contribution >= 4 is 17.6 Å². The predicted octanol–water partition coefficient (Wildman–Crippen LogP) is 2.67. The van der Waals surface area contributed by atoms with Gasteiger partial charge in [0.2, 0.25) is 0 Å². The molecule has 15 heavy (non-hydrogen) atoms. The number of methoxy groups -OCH3 is 1. The molecule has 0 bridgehead atoms. The van der Waals surface area contributed by atoms with Crippen LogP contribution in [0.4, 0.5) is 0 Å². The summed E-state index contributed by atoms with van der Waals surface area (Å²) < 4.78 is 10.2. The maximum atomic E-state index is 11.5. The maximum Gasteiger partial charge on any atom is 0.343 e. The molecule has 0 spiro atoms. The van der Waals surface area contributed by atoms with E-state index in [2.05, 4.69) is 4.74 Å². The first-order valence-electron chi connectivity index (χ1n) is 4.76. The van der Waals surface area contributed by atoms with Gasteiger partial charge in [-0.25, -0.2) is 4.79 Å². The lowest BCUT2D eigenvalue weighted by molar-refractivity contribution is 0.0596. The number of rotatable bonds is 3. The summed E-state index contributed by atoms with van der Waals surface area (Å²) in [7, 11) is 1.33. The van der Waals surface area contributed by atoms with Gasteiger partial charge >= 0.3 is 5.97 Å². The topological polar surface area (TPSA) is 35.5 Å². The van der Waals surface area contributed by atoms with Crippen molar-refractivity contribution in [1.29, 1.82) is 0 Å². The van der Waals surface area contributed by atoms with Crippen LogP contribution in [0.15, 0.2) is 18.2 Å². The highest BCUT2D eigenvalue weighted by Gasteiger charge is 2.26. The van der Waals surface area contributed by atoms with E-state index in [9.17, 15) is 4.79 Å². The Balaban J connectivity index is 2.33. The molecular weight excluding hydrogens is 216 g/mol. The molecule has 0 unspecified atom stereocenters. The third-order valence-corrected chi connectivity index (χ3v) is 2.50. The number of carbonyl (C=O) groups is 1. The monoisotopic (exact) mass is 226 g/mol. The zero-order valence-corrected chi connectivity index (χ0v) is 9.08. The Bertz CT molecular complexity index is 385. The Morgan fingerprint density at radius 1 is 1.47 bits per heavy atom. The summed E-state index contributed by atoms with van der Waals surface area (Å²) in [5, 5.41) is 0.361. The molecule has 0 atom stereocenters. The van der Waals surface area contributed by atoms with Gasteiger partial charge in [-0.05, 0) is 25.0 Å². The Hall–Kier alpha value is -1.22. The summed E-state index contributed by atoms with van der Waals surface area (Å²) in [5.41, 5.74) is 0.313. The van der Waals surface area contributed by atoms with E-state index in [1.54, 1.807) is 18.2 Å². The number of carbonyl (C=O) groups excluding carboxylic acids is 1. The summed E-state index contributed by atoms with van der Waals surface area (Å²) in [5.74, 6) is 0.0492. The van der Waals surface area contributed by atoms with Crippen LogP contribution in [0.25, 0.3) is 0 Å². The molecular formula is C11H11ClO3. The molecule has 3 nitrogen and oxygen atoms in total. The first-order valence-corrected chi connectivity index (χ1v) is 5.13. The van der Waals surface area contributed by atoms with Gasteiger partial charge in [-0.3, -0.25) is 0 Å². The van der Waals surface area contributed by atoms with E-state index >= 15 is 0 Å². The van der Waals surface area contributed by atoms with Crippen molar-refractivity contribution in [2.24, 2.45) is 0 Å². The molecule has 0 saturated heterocycles. The molecule has 1 aromatic carbocycles. The molecule has 1 aliphatic carbocycles. The van der Waals surface area contributed by atoms with Gasteiger partial charge in [-0.1, -0.05) is 17.7 Å². The van der Waals surface area contributed by atoms with Crippen molar-refractivity contribution in [2.75, 3.05) is 7.11 Å². The van der Waals surface area contributed by atoms with Crippen LogP contribution in [-0.4, -0.2) is 19.2 Å². The van der Waals surface area contributed by atoms with Gasteiger partial charge in [0.1, 0.15) is 11.3 Å². The Morgan fingerprint density at radius 2 is 2.20 bits per heavy atom. The van der Waals surface area contributed by atoms with Gasteiger partial charge in [-0.15, -0.1) is 0 Å². The van der Waals surface area contributed by atoms with Gasteiger partial charge in [0.25, 0.3) is 0 Å².